The molecule has 10 nitrogen and oxygen atoms in total. The number of carbonyl (C=O) groups is 2. The summed E-state index contributed by atoms with van der Waals surface area (Å²) in [6, 6.07) is 6.94. The van der Waals surface area contributed by atoms with Crippen LogP contribution in [-0.4, -0.2) is 54.8 Å². The van der Waals surface area contributed by atoms with Gasteiger partial charge in [-0.3, -0.25) is 14.4 Å². The van der Waals surface area contributed by atoms with Crippen LogP contribution in [0.4, 0.5) is 0 Å². The van der Waals surface area contributed by atoms with Crippen molar-refractivity contribution in [2.45, 2.75) is 32.1 Å². The highest BCUT2D eigenvalue weighted by Crippen LogP contribution is 2.20. The molecule has 0 bridgehead atoms. The first-order chi connectivity index (χ1) is 14.3. The first-order valence-electron chi connectivity index (χ1n) is 9.66. The van der Waals surface area contributed by atoms with Crippen LogP contribution in [-0.2, 0) is 31.0 Å². The van der Waals surface area contributed by atoms with E-state index in [1.54, 1.807) is 24.3 Å². The quantitative estimate of drug-likeness (QED) is 0.602. The third-order valence-corrected chi connectivity index (χ3v) is 6.58. The van der Waals surface area contributed by atoms with E-state index in [1.807, 2.05) is 0 Å². The second kappa shape index (κ2) is 9.35. The lowest BCUT2D eigenvalue weighted by Gasteiger charge is -2.29. The molecule has 0 aliphatic carbocycles. The molecule has 0 unspecified atom stereocenters. The van der Waals surface area contributed by atoms with Crippen LogP contribution in [0.1, 0.15) is 31.5 Å². The standard InChI is InChI=1S/C19H24N4O6S/c1-29-19(26)13-9-11-23(12-10-13)30(27,28)22-17(24)8-4-7-16-20-15-6-3-2-5-14(15)18(25)21-16/h2-3,5-6,13H,4,7-12H2,1H3,(H,22,24)(H,20,21,25). The van der Waals surface area contributed by atoms with Gasteiger partial charge < -0.3 is 9.72 Å². The Morgan fingerprint density at radius 2 is 1.97 bits per heavy atom. The maximum absolute atomic E-state index is 12.4. The Morgan fingerprint density at radius 3 is 2.67 bits per heavy atom. The number of nitrogens with one attached hydrogen (secondary N) is 2. The fourth-order valence-corrected chi connectivity index (χ4v) is 4.64. The summed E-state index contributed by atoms with van der Waals surface area (Å²) in [5.74, 6) is -0.863. The Kier molecular flexibility index (Phi) is 6.83. The number of piperidine rings is 1. The minimum absolute atomic E-state index is 0.0333. The minimum Gasteiger partial charge on any atom is -0.469 e. The fraction of sp³-hybridized carbons (Fsp3) is 0.474. The zero-order valence-electron chi connectivity index (χ0n) is 16.6. The van der Waals surface area contributed by atoms with Gasteiger partial charge in [0.2, 0.25) is 5.91 Å². The molecule has 0 saturated carbocycles. The molecule has 0 atom stereocenters. The molecule has 1 aromatic heterocycles. The van der Waals surface area contributed by atoms with E-state index < -0.39 is 16.1 Å². The van der Waals surface area contributed by atoms with Gasteiger partial charge >= 0.3 is 16.2 Å². The van der Waals surface area contributed by atoms with Crippen molar-refractivity contribution >= 4 is 33.0 Å². The number of H-pyrrole nitrogens is 1. The lowest BCUT2D eigenvalue weighted by atomic mass is 9.99. The third kappa shape index (κ3) is 5.22. The normalized spacial score (nSPS) is 15.8. The molecule has 30 heavy (non-hydrogen) atoms. The topological polar surface area (TPSA) is 139 Å². The molecule has 0 spiro atoms. The van der Waals surface area contributed by atoms with Gasteiger partial charge in [-0.15, -0.1) is 0 Å². The number of fused-ring (bicyclic) bond motifs is 1. The number of aryl methyl sites for hydroxylation is 1. The zero-order chi connectivity index (χ0) is 21.7. The summed E-state index contributed by atoms with van der Waals surface area (Å²) in [7, 11) is -2.66. The molecule has 1 aliphatic heterocycles. The number of aromatic nitrogens is 2. The van der Waals surface area contributed by atoms with Crippen LogP contribution in [0.5, 0.6) is 0 Å². The van der Waals surface area contributed by atoms with Crippen LogP contribution in [0, 0.1) is 5.92 Å². The number of benzene rings is 1. The number of methoxy groups -OCH3 is 1. The lowest BCUT2D eigenvalue weighted by Crippen LogP contribution is -2.47. The largest absolute Gasteiger partial charge is 0.469 e. The van der Waals surface area contributed by atoms with Gasteiger partial charge in [0.15, 0.2) is 0 Å². The molecular weight excluding hydrogens is 412 g/mol. The van der Waals surface area contributed by atoms with Gasteiger partial charge in [-0.05, 0) is 31.4 Å². The minimum atomic E-state index is -3.96. The van der Waals surface area contributed by atoms with E-state index in [2.05, 4.69) is 19.4 Å². The monoisotopic (exact) mass is 436 g/mol. The molecule has 1 aromatic carbocycles. The number of para-hydroxylation sites is 1. The average Bonchev–Trinajstić information content (AvgIpc) is 2.73. The number of hydrogen-bond donors (Lipinski definition) is 2. The number of hydrogen-bond acceptors (Lipinski definition) is 7. The van der Waals surface area contributed by atoms with Crippen LogP contribution in [0.2, 0.25) is 0 Å². The third-order valence-electron chi connectivity index (χ3n) is 5.05. The first-order valence-corrected chi connectivity index (χ1v) is 11.1. The number of amides is 1. The summed E-state index contributed by atoms with van der Waals surface area (Å²) >= 11 is 0. The first kappa shape index (κ1) is 21.9. The highest BCUT2D eigenvalue weighted by atomic mass is 32.2. The van der Waals surface area contributed by atoms with Gasteiger partial charge in [0.1, 0.15) is 5.82 Å². The van der Waals surface area contributed by atoms with Gasteiger partial charge in [-0.2, -0.15) is 12.7 Å². The summed E-state index contributed by atoms with van der Waals surface area (Å²) in [4.78, 5) is 42.7. The Balaban J connectivity index is 1.50. The highest BCUT2D eigenvalue weighted by Gasteiger charge is 2.32. The summed E-state index contributed by atoms with van der Waals surface area (Å²) < 4.78 is 32.7. The number of esters is 1. The summed E-state index contributed by atoms with van der Waals surface area (Å²) in [6.45, 7) is 0.287. The molecule has 0 radical (unpaired) electrons. The van der Waals surface area contributed by atoms with E-state index in [4.69, 9.17) is 0 Å². The molecular formula is C19H24N4O6S. The molecule has 2 heterocycles. The second-order valence-corrected chi connectivity index (χ2v) is 8.78. The number of rotatable bonds is 7. The van der Waals surface area contributed by atoms with E-state index in [1.165, 1.54) is 7.11 Å². The number of nitrogens with zero attached hydrogens (tertiary/aromatic N) is 2. The van der Waals surface area contributed by atoms with Crippen LogP contribution >= 0.6 is 0 Å². The smallest absolute Gasteiger partial charge is 0.308 e. The van der Waals surface area contributed by atoms with E-state index in [0.29, 0.717) is 42.4 Å². The maximum Gasteiger partial charge on any atom is 0.308 e. The van der Waals surface area contributed by atoms with Crippen molar-refractivity contribution in [3.63, 3.8) is 0 Å². The Bertz CT molecular complexity index is 1090. The second-order valence-electron chi connectivity index (χ2n) is 7.11. The van der Waals surface area contributed by atoms with E-state index in [-0.39, 0.29) is 37.0 Å². The average molecular weight is 436 g/mol. The summed E-state index contributed by atoms with van der Waals surface area (Å²) in [5, 5.41) is 0.487. The molecule has 2 N–H and O–H groups in total. The van der Waals surface area contributed by atoms with Gasteiger partial charge in [0.05, 0.1) is 23.9 Å². The zero-order valence-corrected chi connectivity index (χ0v) is 17.4. The van der Waals surface area contributed by atoms with Crippen LogP contribution in [0.3, 0.4) is 0 Å². The van der Waals surface area contributed by atoms with Gasteiger partial charge in [0, 0.05) is 25.9 Å². The Morgan fingerprint density at radius 1 is 1.27 bits per heavy atom. The molecule has 1 saturated heterocycles. The number of aromatic amines is 1. The van der Waals surface area contributed by atoms with Gasteiger partial charge in [-0.1, -0.05) is 12.1 Å². The van der Waals surface area contributed by atoms with Gasteiger partial charge in [0.25, 0.3) is 5.56 Å². The van der Waals surface area contributed by atoms with Crippen LogP contribution in [0.15, 0.2) is 29.1 Å². The van der Waals surface area contributed by atoms with E-state index in [9.17, 15) is 22.8 Å². The predicted octanol–water partition coefficient (Wildman–Crippen LogP) is 0.492. The molecule has 3 rings (SSSR count). The fourth-order valence-electron chi connectivity index (χ4n) is 3.43. The van der Waals surface area contributed by atoms with Crippen molar-refractivity contribution in [1.82, 2.24) is 19.0 Å². The molecule has 1 aliphatic rings. The molecule has 11 heteroatoms. The van der Waals surface area contributed by atoms with E-state index >= 15 is 0 Å². The van der Waals surface area contributed by atoms with Crippen molar-refractivity contribution < 1.29 is 22.7 Å². The van der Waals surface area contributed by atoms with Crippen molar-refractivity contribution in [3.8, 4) is 0 Å². The lowest BCUT2D eigenvalue weighted by molar-refractivity contribution is -0.146. The molecule has 1 amide bonds. The van der Waals surface area contributed by atoms with Crippen molar-refractivity contribution in [1.29, 1.82) is 0 Å². The Labute approximate surface area is 173 Å². The van der Waals surface area contributed by atoms with Crippen LogP contribution < -0.4 is 10.3 Å². The van der Waals surface area contributed by atoms with E-state index in [0.717, 1.165) is 4.31 Å². The maximum atomic E-state index is 12.4. The Hall–Kier alpha value is -2.79. The van der Waals surface area contributed by atoms with Gasteiger partial charge in [-0.25, -0.2) is 9.71 Å². The molecule has 1 fully saturated rings. The van der Waals surface area contributed by atoms with Crippen LogP contribution in [0.25, 0.3) is 10.9 Å². The predicted molar refractivity (Wildman–Crippen MR) is 109 cm³/mol. The van der Waals surface area contributed by atoms with Crippen molar-refractivity contribution in [2.75, 3.05) is 20.2 Å². The summed E-state index contributed by atoms with van der Waals surface area (Å²) in [6.07, 6.45) is 1.32. The number of ether oxygens (including phenoxy) is 1. The highest BCUT2D eigenvalue weighted by molar-refractivity contribution is 7.87. The number of carbonyl (C=O) groups excluding carboxylic acids is 2. The summed E-state index contributed by atoms with van der Waals surface area (Å²) in [5.41, 5.74) is 0.316. The molecule has 162 valence electrons. The van der Waals surface area contributed by atoms with Crippen molar-refractivity contribution in [3.05, 3.63) is 40.4 Å². The molecule has 2 aromatic rings. The van der Waals surface area contributed by atoms with Crippen molar-refractivity contribution in [2.24, 2.45) is 5.92 Å². The SMILES string of the molecule is COC(=O)C1CCN(S(=O)(=O)NC(=O)CCCc2nc3ccccc3c(=O)[nH]2)CC1.